The quantitative estimate of drug-likeness (QED) is 0.776. The molecule has 0 aromatic carbocycles. The average Bonchev–Trinajstić information content (AvgIpc) is 2.58. The van der Waals surface area contributed by atoms with E-state index in [-0.39, 0.29) is 0 Å². The van der Waals surface area contributed by atoms with E-state index in [9.17, 15) is 4.79 Å². The van der Waals surface area contributed by atoms with Crippen molar-refractivity contribution in [2.24, 2.45) is 5.73 Å². The molecule has 0 saturated carbocycles. The van der Waals surface area contributed by atoms with E-state index in [1.807, 2.05) is 4.90 Å². The largest absolute Gasteiger partial charge is 0.341 e. The lowest BCUT2D eigenvalue weighted by atomic mass is 10.1. The van der Waals surface area contributed by atoms with E-state index in [4.69, 9.17) is 5.73 Å². The van der Waals surface area contributed by atoms with Gasteiger partial charge in [0.2, 0.25) is 5.91 Å². The van der Waals surface area contributed by atoms with Crippen molar-refractivity contribution in [1.82, 2.24) is 9.80 Å². The second kappa shape index (κ2) is 6.36. The fourth-order valence-electron chi connectivity index (χ4n) is 2.73. The number of rotatable bonds is 2. The standard InChI is InChI=1S/C13H25N3O/c14-12-5-9-16(10-6-12)13(17)11-15-7-3-1-2-4-8-15/h12H,1-11,14H2. The van der Waals surface area contributed by atoms with Gasteiger partial charge in [-0.25, -0.2) is 0 Å². The van der Waals surface area contributed by atoms with Crippen LogP contribution in [0.3, 0.4) is 0 Å². The molecule has 2 heterocycles. The zero-order chi connectivity index (χ0) is 12.1. The van der Waals surface area contributed by atoms with Crippen LogP contribution in [0.25, 0.3) is 0 Å². The maximum Gasteiger partial charge on any atom is 0.236 e. The second-order valence-electron chi connectivity index (χ2n) is 5.41. The molecule has 0 aliphatic carbocycles. The Kier molecular flexibility index (Phi) is 4.80. The lowest BCUT2D eigenvalue weighted by molar-refractivity contribution is -0.133. The second-order valence-corrected chi connectivity index (χ2v) is 5.41. The number of carbonyl (C=O) groups is 1. The van der Waals surface area contributed by atoms with Crippen molar-refractivity contribution in [2.45, 2.75) is 44.6 Å². The van der Waals surface area contributed by atoms with Crippen LogP contribution in [0.1, 0.15) is 38.5 Å². The number of amides is 1. The Bertz CT molecular complexity index is 241. The van der Waals surface area contributed by atoms with E-state index in [1.54, 1.807) is 0 Å². The van der Waals surface area contributed by atoms with Gasteiger partial charge in [-0.2, -0.15) is 0 Å². The topological polar surface area (TPSA) is 49.6 Å². The molecule has 2 saturated heterocycles. The van der Waals surface area contributed by atoms with Crippen molar-refractivity contribution in [3.63, 3.8) is 0 Å². The number of nitrogens with zero attached hydrogens (tertiary/aromatic N) is 2. The third kappa shape index (κ3) is 3.96. The Morgan fingerprint density at radius 3 is 2.18 bits per heavy atom. The van der Waals surface area contributed by atoms with Crippen LogP contribution in [0.2, 0.25) is 0 Å². The van der Waals surface area contributed by atoms with Crippen molar-refractivity contribution < 1.29 is 4.79 Å². The maximum atomic E-state index is 12.1. The fourth-order valence-corrected chi connectivity index (χ4v) is 2.73. The summed E-state index contributed by atoms with van der Waals surface area (Å²) in [6.45, 7) is 4.52. The van der Waals surface area contributed by atoms with E-state index in [0.717, 1.165) is 39.0 Å². The molecule has 0 atom stereocenters. The van der Waals surface area contributed by atoms with Gasteiger partial charge >= 0.3 is 0 Å². The zero-order valence-electron chi connectivity index (χ0n) is 10.7. The van der Waals surface area contributed by atoms with E-state index < -0.39 is 0 Å². The van der Waals surface area contributed by atoms with Gasteiger partial charge in [-0.15, -0.1) is 0 Å². The Balaban J connectivity index is 1.75. The monoisotopic (exact) mass is 239 g/mol. The fraction of sp³-hybridized carbons (Fsp3) is 0.923. The molecular weight excluding hydrogens is 214 g/mol. The van der Waals surface area contributed by atoms with Crippen molar-refractivity contribution >= 4 is 5.91 Å². The number of likely N-dealkylation sites (tertiary alicyclic amines) is 2. The van der Waals surface area contributed by atoms with Gasteiger partial charge in [-0.05, 0) is 38.8 Å². The predicted molar refractivity (Wildman–Crippen MR) is 68.7 cm³/mol. The van der Waals surface area contributed by atoms with Gasteiger partial charge in [-0.3, -0.25) is 9.69 Å². The molecule has 17 heavy (non-hydrogen) atoms. The number of nitrogens with two attached hydrogens (primary N) is 1. The van der Waals surface area contributed by atoms with Crippen molar-refractivity contribution in [2.75, 3.05) is 32.7 Å². The van der Waals surface area contributed by atoms with Crippen LogP contribution in [0.15, 0.2) is 0 Å². The first kappa shape index (κ1) is 12.8. The summed E-state index contributed by atoms with van der Waals surface area (Å²) in [4.78, 5) is 16.4. The van der Waals surface area contributed by atoms with Gasteiger partial charge in [0.25, 0.3) is 0 Å². The summed E-state index contributed by atoms with van der Waals surface area (Å²) in [5.41, 5.74) is 5.85. The van der Waals surface area contributed by atoms with Crippen LogP contribution < -0.4 is 5.73 Å². The van der Waals surface area contributed by atoms with E-state index in [0.29, 0.717) is 18.5 Å². The van der Waals surface area contributed by atoms with Gasteiger partial charge in [0.05, 0.1) is 6.54 Å². The average molecular weight is 239 g/mol. The molecule has 0 spiro atoms. The molecule has 0 bridgehead atoms. The number of hydrogen-bond acceptors (Lipinski definition) is 3. The summed E-state index contributed by atoms with van der Waals surface area (Å²) >= 11 is 0. The molecule has 0 aromatic heterocycles. The normalized spacial score (nSPS) is 24.6. The highest BCUT2D eigenvalue weighted by Gasteiger charge is 2.22. The molecule has 2 N–H and O–H groups in total. The molecule has 2 aliphatic rings. The number of piperidine rings is 1. The minimum atomic E-state index is 0.303. The third-order valence-corrected chi connectivity index (χ3v) is 3.95. The van der Waals surface area contributed by atoms with Gasteiger partial charge in [0.1, 0.15) is 0 Å². The summed E-state index contributed by atoms with van der Waals surface area (Å²) < 4.78 is 0. The molecule has 0 unspecified atom stereocenters. The van der Waals surface area contributed by atoms with Gasteiger partial charge in [0.15, 0.2) is 0 Å². The number of carbonyl (C=O) groups excluding carboxylic acids is 1. The van der Waals surface area contributed by atoms with E-state index in [1.165, 1.54) is 25.7 Å². The van der Waals surface area contributed by atoms with Crippen LogP contribution in [0, 0.1) is 0 Å². The molecule has 2 fully saturated rings. The first-order valence-corrected chi connectivity index (χ1v) is 7.01. The lowest BCUT2D eigenvalue weighted by Crippen LogP contribution is -2.46. The highest BCUT2D eigenvalue weighted by molar-refractivity contribution is 5.78. The molecular formula is C13H25N3O. The molecule has 2 rings (SSSR count). The molecule has 0 radical (unpaired) electrons. The molecule has 1 amide bonds. The van der Waals surface area contributed by atoms with Crippen molar-refractivity contribution in [3.8, 4) is 0 Å². The molecule has 98 valence electrons. The minimum absolute atomic E-state index is 0.303. The summed E-state index contributed by atoms with van der Waals surface area (Å²) in [7, 11) is 0. The Labute approximate surface area is 104 Å². The van der Waals surface area contributed by atoms with Crippen LogP contribution in [0.5, 0.6) is 0 Å². The lowest BCUT2D eigenvalue weighted by Gasteiger charge is -2.32. The van der Waals surface area contributed by atoms with Gasteiger partial charge in [0, 0.05) is 19.1 Å². The SMILES string of the molecule is NC1CCN(C(=O)CN2CCCCCC2)CC1. The smallest absolute Gasteiger partial charge is 0.236 e. The van der Waals surface area contributed by atoms with Crippen LogP contribution >= 0.6 is 0 Å². The maximum absolute atomic E-state index is 12.1. The third-order valence-electron chi connectivity index (χ3n) is 3.95. The Morgan fingerprint density at radius 2 is 1.59 bits per heavy atom. The zero-order valence-corrected chi connectivity index (χ0v) is 10.7. The predicted octanol–water partition coefficient (Wildman–Crippen LogP) is 0.812. The first-order valence-electron chi connectivity index (χ1n) is 7.01. The summed E-state index contributed by atoms with van der Waals surface area (Å²) in [5, 5.41) is 0. The summed E-state index contributed by atoms with van der Waals surface area (Å²) in [5.74, 6) is 0.304. The first-order chi connectivity index (χ1) is 8.25. The van der Waals surface area contributed by atoms with Crippen molar-refractivity contribution in [1.29, 1.82) is 0 Å². The van der Waals surface area contributed by atoms with Crippen molar-refractivity contribution in [3.05, 3.63) is 0 Å². The summed E-state index contributed by atoms with van der Waals surface area (Å²) in [6, 6.07) is 0.303. The highest BCUT2D eigenvalue weighted by Crippen LogP contribution is 2.12. The molecule has 4 heteroatoms. The Hall–Kier alpha value is -0.610. The number of hydrogen-bond donors (Lipinski definition) is 1. The van der Waals surface area contributed by atoms with Gasteiger partial charge in [-0.1, -0.05) is 12.8 Å². The van der Waals surface area contributed by atoms with E-state index in [2.05, 4.69) is 4.90 Å². The van der Waals surface area contributed by atoms with Gasteiger partial charge < -0.3 is 10.6 Å². The Morgan fingerprint density at radius 1 is 1.00 bits per heavy atom. The van der Waals surface area contributed by atoms with Crippen LogP contribution in [0.4, 0.5) is 0 Å². The minimum Gasteiger partial charge on any atom is -0.341 e. The van der Waals surface area contributed by atoms with E-state index >= 15 is 0 Å². The highest BCUT2D eigenvalue weighted by atomic mass is 16.2. The molecule has 4 nitrogen and oxygen atoms in total. The van der Waals surface area contributed by atoms with Crippen LogP contribution in [-0.4, -0.2) is 54.5 Å². The molecule has 2 aliphatic heterocycles. The molecule has 0 aromatic rings. The van der Waals surface area contributed by atoms with Crippen LogP contribution in [-0.2, 0) is 4.79 Å². The summed E-state index contributed by atoms with van der Waals surface area (Å²) in [6.07, 6.45) is 7.07.